The van der Waals surface area contributed by atoms with Crippen molar-refractivity contribution in [2.24, 2.45) is 5.92 Å². The molecule has 1 saturated heterocycles. The predicted molar refractivity (Wildman–Crippen MR) is 132 cm³/mol. The highest BCUT2D eigenvalue weighted by molar-refractivity contribution is 5.92. The van der Waals surface area contributed by atoms with Gasteiger partial charge in [0.25, 0.3) is 5.91 Å². The average Bonchev–Trinajstić information content (AvgIpc) is 2.88. The van der Waals surface area contributed by atoms with Crippen LogP contribution in [0.2, 0.25) is 0 Å². The highest BCUT2D eigenvalue weighted by atomic mass is 19.1. The molecule has 2 aromatic carbocycles. The van der Waals surface area contributed by atoms with Crippen LogP contribution in [0.5, 0.6) is 0 Å². The van der Waals surface area contributed by atoms with Crippen molar-refractivity contribution >= 4 is 11.8 Å². The molecule has 0 spiro atoms. The van der Waals surface area contributed by atoms with Gasteiger partial charge in [-0.1, -0.05) is 42.5 Å². The fourth-order valence-corrected chi connectivity index (χ4v) is 4.45. The minimum atomic E-state index is -0.332. The summed E-state index contributed by atoms with van der Waals surface area (Å²) >= 11 is 0. The molecule has 7 heteroatoms. The number of nitrogens with zero attached hydrogens (tertiary/aromatic N) is 4. The molecule has 0 unspecified atom stereocenters. The molecule has 1 aliphatic heterocycles. The van der Waals surface area contributed by atoms with E-state index in [1.54, 1.807) is 30.2 Å². The molecule has 3 aromatic rings. The Morgan fingerprint density at radius 1 is 0.971 bits per heavy atom. The van der Waals surface area contributed by atoms with Crippen LogP contribution >= 0.6 is 0 Å². The van der Waals surface area contributed by atoms with Crippen molar-refractivity contribution in [3.63, 3.8) is 0 Å². The second-order valence-electron chi connectivity index (χ2n) is 9.16. The molecule has 0 N–H and O–H groups in total. The number of amides is 2. The molecule has 2 heterocycles. The number of hydrogen-bond donors (Lipinski definition) is 0. The number of aromatic nitrogens is 2. The van der Waals surface area contributed by atoms with Crippen LogP contribution in [0.1, 0.15) is 46.6 Å². The van der Waals surface area contributed by atoms with E-state index in [1.807, 2.05) is 11.0 Å². The number of carbonyl (C=O) groups is 2. The minimum absolute atomic E-state index is 0.0510. The molecule has 2 amide bonds. The molecule has 182 valence electrons. The normalized spacial score (nSPS) is 14.1. The molecule has 1 aliphatic rings. The Morgan fingerprint density at radius 2 is 1.69 bits per heavy atom. The van der Waals surface area contributed by atoms with Gasteiger partial charge in [0.15, 0.2) is 0 Å². The van der Waals surface area contributed by atoms with E-state index in [1.165, 1.54) is 23.9 Å². The fourth-order valence-electron chi connectivity index (χ4n) is 4.45. The van der Waals surface area contributed by atoms with Crippen molar-refractivity contribution in [3.8, 4) is 0 Å². The summed E-state index contributed by atoms with van der Waals surface area (Å²) in [6, 6.07) is 16.5. The molecule has 4 rings (SSSR count). The lowest BCUT2D eigenvalue weighted by Crippen LogP contribution is -2.41. The molecule has 6 nitrogen and oxygen atoms in total. The van der Waals surface area contributed by atoms with Crippen molar-refractivity contribution < 1.29 is 14.0 Å². The first-order valence-corrected chi connectivity index (χ1v) is 12.1. The van der Waals surface area contributed by atoms with Crippen molar-refractivity contribution in [1.29, 1.82) is 0 Å². The Bertz CT molecular complexity index is 1110. The van der Waals surface area contributed by atoms with Crippen LogP contribution in [-0.2, 0) is 17.8 Å². The van der Waals surface area contributed by atoms with Gasteiger partial charge in [-0.3, -0.25) is 14.6 Å². The van der Waals surface area contributed by atoms with Crippen molar-refractivity contribution in [3.05, 3.63) is 95.3 Å². The van der Waals surface area contributed by atoms with Gasteiger partial charge < -0.3 is 9.80 Å². The van der Waals surface area contributed by atoms with Crippen LogP contribution in [0.15, 0.2) is 67.0 Å². The SMILES string of the molecule is Cc1cnc(C(=O)N(CCC(=O)N2CCC(Cc3ccccc3)CC2)Cc2ccc(F)cc2)cn1. The Kier molecular flexibility index (Phi) is 8.19. The van der Waals surface area contributed by atoms with Crippen LogP contribution in [-0.4, -0.2) is 51.2 Å². The molecule has 0 radical (unpaired) electrons. The fraction of sp³-hybridized carbons (Fsp3) is 0.357. The maximum absolute atomic E-state index is 13.3. The van der Waals surface area contributed by atoms with Gasteiger partial charge in [0.2, 0.25) is 5.91 Å². The lowest BCUT2D eigenvalue weighted by atomic mass is 9.90. The standard InChI is InChI=1S/C28H31FN4O2/c1-21-18-31-26(19-30-21)28(35)33(20-24-7-9-25(29)10-8-24)16-13-27(34)32-14-11-23(12-15-32)17-22-5-3-2-4-6-22/h2-10,18-19,23H,11-17,20H2,1H3. The van der Waals surface area contributed by atoms with E-state index in [-0.39, 0.29) is 42.8 Å². The van der Waals surface area contributed by atoms with Gasteiger partial charge in [0.1, 0.15) is 11.5 Å². The van der Waals surface area contributed by atoms with Crippen LogP contribution < -0.4 is 0 Å². The third kappa shape index (κ3) is 6.94. The molecule has 0 saturated carbocycles. The minimum Gasteiger partial charge on any atom is -0.343 e. The molecule has 1 aromatic heterocycles. The zero-order chi connectivity index (χ0) is 24.6. The third-order valence-electron chi connectivity index (χ3n) is 6.50. The summed E-state index contributed by atoms with van der Waals surface area (Å²) in [7, 11) is 0. The van der Waals surface area contributed by atoms with E-state index < -0.39 is 0 Å². The Hall–Kier alpha value is -3.61. The molecule has 0 atom stereocenters. The maximum Gasteiger partial charge on any atom is 0.274 e. The van der Waals surface area contributed by atoms with Crippen molar-refractivity contribution in [1.82, 2.24) is 19.8 Å². The molecule has 35 heavy (non-hydrogen) atoms. The Morgan fingerprint density at radius 3 is 2.34 bits per heavy atom. The lowest BCUT2D eigenvalue weighted by molar-refractivity contribution is -0.132. The van der Waals surface area contributed by atoms with Crippen LogP contribution in [0.25, 0.3) is 0 Å². The van der Waals surface area contributed by atoms with Gasteiger partial charge in [0, 0.05) is 38.8 Å². The zero-order valence-corrected chi connectivity index (χ0v) is 20.1. The second-order valence-corrected chi connectivity index (χ2v) is 9.16. The summed E-state index contributed by atoms with van der Waals surface area (Å²) in [4.78, 5) is 38.0. The average molecular weight is 475 g/mol. The smallest absolute Gasteiger partial charge is 0.274 e. The molecule has 0 aliphatic carbocycles. The van der Waals surface area contributed by atoms with Gasteiger partial charge in [0.05, 0.1) is 11.9 Å². The molecule has 1 fully saturated rings. The summed E-state index contributed by atoms with van der Waals surface area (Å²) < 4.78 is 13.3. The van der Waals surface area contributed by atoms with Crippen LogP contribution in [0.3, 0.4) is 0 Å². The van der Waals surface area contributed by atoms with Gasteiger partial charge in [-0.2, -0.15) is 0 Å². The number of benzene rings is 2. The first-order valence-electron chi connectivity index (χ1n) is 12.1. The van der Waals surface area contributed by atoms with Gasteiger partial charge in [-0.05, 0) is 55.4 Å². The van der Waals surface area contributed by atoms with Gasteiger partial charge in [-0.25, -0.2) is 9.37 Å². The van der Waals surface area contributed by atoms with E-state index in [0.717, 1.165) is 43.6 Å². The van der Waals surface area contributed by atoms with E-state index in [2.05, 4.69) is 34.2 Å². The maximum atomic E-state index is 13.3. The largest absolute Gasteiger partial charge is 0.343 e. The Balaban J connectivity index is 1.35. The first-order chi connectivity index (χ1) is 17.0. The number of hydrogen-bond acceptors (Lipinski definition) is 4. The predicted octanol–water partition coefficient (Wildman–Crippen LogP) is 4.44. The third-order valence-corrected chi connectivity index (χ3v) is 6.50. The van der Waals surface area contributed by atoms with Crippen LogP contribution in [0, 0.1) is 18.7 Å². The summed E-state index contributed by atoms with van der Waals surface area (Å²) in [6.45, 7) is 3.81. The number of piperidine rings is 1. The number of rotatable bonds is 8. The lowest BCUT2D eigenvalue weighted by Gasteiger charge is -2.33. The second kappa shape index (κ2) is 11.7. The summed E-state index contributed by atoms with van der Waals surface area (Å²) in [5.41, 5.74) is 3.07. The summed E-state index contributed by atoms with van der Waals surface area (Å²) in [5.74, 6) is 0.00578. The highest BCUT2D eigenvalue weighted by Gasteiger charge is 2.25. The number of likely N-dealkylation sites (tertiary alicyclic amines) is 1. The quantitative estimate of drug-likeness (QED) is 0.484. The molecular weight excluding hydrogens is 443 g/mol. The number of aryl methyl sites for hydroxylation is 1. The van der Waals surface area contributed by atoms with Gasteiger partial charge in [-0.15, -0.1) is 0 Å². The Labute approximate surface area is 205 Å². The molecule has 0 bridgehead atoms. The zero-order valence-electron chi connectivity index (χ0n) is 20.1. The van der Waals surface area contributed by atoms with Gasteiger partial charge >= 0.3 is 0 Å². The van der Waals surface area contributed by atoms with E-state index >= 15 is 0 Å². The summed E-state index contributed by atoms with van der Waals surface area (Å²) in [5, 5.41) is 0. The van der Waals surface area contributed by atoms with Crippen molar-refractivity contribution in [2.45, 2.75) is 39.2 Å². The van der Waals surface area contributed by atoms with Crippen LogP contribution in [0.4, 0.5) is 4.39 Å². The first kappa shape index (κ1) is 24.5. The van der Waals surface area contributed by atoms with E-state index in [0.29, 0.717) is 5.92 Å². The number of halogens is 1. The molecular formula is C28H31FN4O2. The highest BCUT2D eigenvalue weighted by Crippen LogP contribution is 2.22. The summed E-state index contributed by atoms with van der Waals surface area (Å²) in [6.07, 6.45) is 6.24. The number of carbonyl (C=O) groups excluding carboxylic acids is 2. The van der Waals surface area contributed by atoms with E-state index in [9.17, 15) is 14.0 Å². The monoisotopic (exact) mass is 474 g/mol. The topological polar surface area (TPSA) is 66.4 Å². The van der Waals surface area contributed by atoms with E-state index in [4.69, 9.17) is 0 Å². The van der Waals surface area contributed by atoms with Crippen molar-refractivity contribution in [2.75, 3.05) is 19.6 Å².